The molecule has 0 spiro atoms. The van der Waals surface area contributed by atoms with Crippen molar-refractivity contribution in [2.45, 2.75) is 38.5 Å². The average Bonchev–Trinajstić information content (AvgIpc) is 3.16. The number of nitrogens with zero attached hydrogens (tertiary/aromatic N) is 3. The summed E-state index contributed by atoms with van der Waals surface area (Å²) in [5.74, 6) is 0.519. The predicted molar refractivity (Wildman–Crippen MR) is 112 cm³/mol. The SMILES string of the molecule is N#C/C(=C/N1CCC(Cc2ccccc2)CC1)C(=O)NCCCN1CCCC1=O. The summed E-state index contributed by atoms with van der Waals surface area (Å²) in [5, 5.41) is 12.2. The van der Waals surface area contributed by atoms with Crippen molar-refractivity contribution < 1.29 is 9.59 Å². The van der Waals surface area contributed by atoms with E-state index in [0.717, 1.165) is 45.3 Å². The van der Waals surface area contributed by atoms with Gasteiger partial charge in [-0.15, -0.1) is 0 Å². The molecule has 2 amide bonds. The zero-order valence-corrected chi connectivity index (χ0v) is 17.0. The Bertz CT molecular complexity index is 761. The molecule has 2 fully saturated rings. The number of amides is 2. The largest absolute Gasteiger partial charge is 0.376 e. The first-order valence-electron chi connectivity index (χ1n) is 10.6. The molecule has 3 rings (SSSR count). The van der Waals surface area contributed by atoms with Gasteiger partial charge in [-0.2, -0.15) is 5.26 Å². The minimum absolute atomic E-state index is 0.156. The number of piperidine rings is 1. The zero-order chi connectivity index (χ0) is 20.5. The highest BCUT2D eigenvalue weighted by Crippen LogP contribution is 2.22. The van der Waals surface area contributed by atoms with E-state index in [1.807, 2.05) is 17.0 Å². The molecule has 0 bridgehead atoms. The Morgan fingerprint density at radius 1 is 1.21 bits per heavy atom. The van der Waals surface area contributed by atoms with Crippen LogP contribution in [0.4, 0.5) is 0 Å². The Morgan fingerprint density at radius 2 is 1.97 bits per heavy atom. The van der Waals surface area contributed by atoms with Crippen molar-refractivity contribution in [2.75, 3.05) is 32.7 Å². The Morgan fingerprint density at radius 3 is 2.62 bits per heavy atom. The van der Waals surface area contributed by atoms with Gasteiger partial charge in [0, 0.05) is 45.3 Å². The van der Waals surface area contributed by atoms with Crippen molar-refractivity contribution in [3.05, 3.63) is 47.7 Å². The minimum Gasteiger partial charge on any atom is -0.376 e. The van der Waals surface area contributed by atoms with Crippen LogP contribution in [0, 0.1) is 17.2 Å². The number of likely N-dealkylation sites (tertiary alicyclic amines) is 2. The third kappa shape index (κ3) is 6.35. The molecule has 0 atom stereocenters. The van der Waals surface area contributed by atoms with E-state index in [1.54, 1.807) is 6.20 Å². The molecule has 0 aromatic heterocycles. The van der Waals surface area contributed by atoms with Crippen LogP contribution in [0.15, 0.2) is 42.1 Å². The van der Waals surface area contributed by atoms with Gasteiger partial charge in [0.2, 0.25) is 5.91 Å². The quantitative estimate of drug-likeness (QED) is 0.417. The molecule has 0 saturated carbocycles. The van der Waals surface area contributed by atoms with Crippen LogP contribution >= 0.6 is 0 Å². The molecule has 2 saturated heterocycles. The van der Waals surface area contributed by atoms with Crippen molar-refractivity contribution in [3.63, 3.8) is 0 Å². The van der Waals surface area contributed by atoms with E-state index in [4.69, 9.17) is 0 Å². The van der Waals surface area contributed by atoms with E-state index in [2.05, 4.69) is 34.5 Å². The summed E-state index contributed by atoms with van der Waals surface area (Å²) >= 11 is 0. The van der Waals surface area contributed by atoms with Crippen molar-refractivity contribution >= 4 is 11.8 Å². The highest BCUT2D eigenvalue weighted by Gasteiger charge is 2.21. The van der Waals surface area contributed by atoms with E-state index in [-0.39, 0.29) is 17.4 Å². The van der Waals surface area contributed by atoms with Crippen LogP contribution in [0.25, 0.3) is 0 Å². The molecule has 0 unspecified atom stereocenters. The highest BCUT2D eigenvalue weighted by atomic mass is 16.2. The van der Waals surface area contributed by atoms with Crippen LogP contribution < -0.4 is 5.32 Å². The van der Waals surface area contributed by atoms with Crippen LogP contribution in [0.5, 0.6) is 0 Å². The molecule has 29 heavy (non-hydrogen) atoms. The van der Waals surface area contributed by atoms with Crippen molar-refractivity contribution in [1.29, 1.82) is 5.26 Å². The first kappa shape index (κ1) is 20.9. The molecule has 6 heteroatoms. The van der Waals surface area contributed by atoms with Crippen LogP contribution in [-0.2, 0) is 16.0 Å². The van der Waals surface area contributed by atoms with Crippen molar-refractivity contribution in [1.82, 2.24) is 15.1 Å². The molecule has 154 valence electrons. The molecule has 1 aromatic carbocycles. The lowest BCUT2D eigenvalue weighted by atomic mass is 9.90. The lowest BCUT2D eigenvalue weighted by Crippen LogP contribution is -2.33. The molecule has 2 aliphatic heterocycles. The average molecular weight is 395 g/mol. The third-order valence-corrected chi connectivity index (χ3v) is 5.75. The van der Waals surface area contributed by atoms with E-state index in [9.17, 15) is 14.9 Å². The Labute approximate surface area is 173 Å². The van der Waals surface area contributed by atoms with Gasteiger partial charge < -0.3 is 15.1 Å². The third-order valence-electron chi connectivity index (χ3n) is 5.75. The fourth-order valence-electron chi connectivity index (χ4n) is 4.06. The van der Waals surface area contributed by atoms with Gasteiger partial charge in [0.25, 0.3) is 5.91 Å². The van der Waals surface area contributed by atoms with Gasteiger partial charge in [0.1, 0.15) is 11.6 Å². The Kier molecular flexibility index (Phi) is 7.69. The minimum atomic E-state index is -0.327. The second kappa shape index (κ2) is 10.7. The number of hydrogen-bond acceptors (Lipinski definition) is 4. The predicted octanol–water partition coefficient (Wildman–Crippen LogP) is 2.48. The summed E-state index contributed by atoms with van der Waals surface area (Å²) < 4.78 is 0. The molecule has 1 N–H and O–H groups in total. The van der Waals surface area contributed by atoms with E-state index in [0.29, 0.717) is 31.8 Å². The smallest absolute Gasteiger partial charge is 0.263 e. The van der Waals surface area contributed by atoms with Crippen LogP contribution in [0.3, 0.4) is 0 Å². The Hall–Kier alpha value is -2.81. The molecule has 1 aromatic rings. The first-order valence-corrected chi connectivity index (χ1v) is 10.6. The van der Waals surface area contributed by atoms with Crippen LogP contribution in [0.1, 0.15) is 37.7 Å². The fraction of sp³-hybridized carbons (Fsp3) is 0.522. The van der Waals surface area contributed by atoms with Gasteiger partial charge in [-0.05, 0) is 43.6 Å². The summed E-state index contributed by atoms with van der Waals surface area (Å²) in [7, 11) is 0. The van der Waals surface area contributed by atoms with E-state index in [1.165, 1.54) is 5.56 Å². The van der Waals surface area contributed by atoms with Gasteiger partial charge in [0.15, 0.2) is 0 Å². The summed E-state index contributed by atoms with van der Waals surface area (Å²) in [6.45, 7) is 3.69. The molecule has 2 aliphatic rings. The van der Waals surface area contributed by atoms with Crippen molar-refractivity contribution in [3.8, 4) is 6.07 Å². The molecular weight excluding hydrogens is 364 g/mol. The van der Waals surface area contributed by atoms with Gasteiger partial charge >= 0.3 is 0 Å². The second-order valence-electron chi connectivity index (χ2n) is 7.92. The Balaban J connectivity index is 1.39. The highest BCUT2D eigenvalue weighted by molar-refractivity contribution is 5.97. The number of rotatable bonds is 8. The number of benzene rings is 1. The van der Waals surface area contributed by atoms with Crippen LogP contribution in [0.2, 0.25) is 0 Å². The number of carbonyl (C=O) groups is 2. The van der Waals surface area contributed by atoms with Gasteiger partial charge in [0.05, 0.1) is 0 Å². The maximum absolute atomic E-state index is 12.3. The topological polar surface area (TPSA) is 76.4 Å². The van der Waals surface area contributed by atoms with Gasteiger partial charge in [-0.25, -0.2) is 0 Å². The first-order chi connectivity index (χ1) is 14.2. The van der Waals surface area contributed by atoms with E-state index >= 15 is 0 Å². The van der Waals surface area contributed by atoms with Crippen molar-refractivity contribution in [2.24, 2.45) is 5.92 Å². The molecule has 0 radical (unpaired) electrons. The van der Waals surface area contributed by atoms with Gasteiger partial charge in [-0.3, -0.25) is 9.59 Å². The summed E-state index contributed by atoms with van der Waals surface area (Å²) in [4.78, 5) is 27.8. The van der Waals surface area contributed by atoms with Crippen LogP contribution in [-0.4, -0.2) is 54.3 Å². The van der Waals surface area contributed by atoms with E-state index < -0.39 is 0 Å². The summed E-state index contributed by atoms with van der Waals surface area (Å²) in [6.07, 6.45) is 7.19. The maximum Gasteiger partial charge on any atom is 0.263 e. The molecule has 6 nitrogen and oxygen atoms in total. The number of nitrogens with one attached hydrogen (secondary N) is 1. The molecule has 2 heterocycles. The molecular formula is C23H30N4O2. The number of nitriles is 1. The lowest BCUT2D eigenvalue weighted by Gasteiger charge is -2.31. The lowest BCUT2D eigenvalue weighted by molar-refractivity contribution is -0.127. The summed E-state index contributed by atoms with van der Waals surface area (Å²) in [5.41, 5.74) is 1.53. The molecule has 0 aliphatic carbocycles. The fourth-order valence-corrected chi connectivity index (χ4v) is 4.06. The summed E-state index contributed by atoms with van der Waals surface area (Å²) in [6, 6.07) is 12.6. The second-order valence-corrected chi connectivity index (χ2v) is 7.92. The monoisotopic (exact) mass is 394 g/mol. The number of carbonyl (C=O) groups excluding carboxylic acids is 2. The zero-order valence-electron chi connectivity index (χ0n) is 17.0. The number of hydrogen-bond donors (Lipinski definition) is 1. The standard InChI is InChI=1S/C23H30N4O2/c24-17-21(23(29)25-11-5-13-27-12-4-8-22(27)28)18-26-14-9-20(10-15-26)16-19-6-2-1-3-7-19/h1-3,6-7,18,20H,4-5,8-16H2,(H,25,29)/b21-18-. The normalized spacial score (nSPS) is 18.0. The van der Waals surface area contributed by atoms with Gasteiger partial charge in [-0.1, -0.05) is 30.3 Å². The maximum atomic E-state index is 12.3.